The van der Waals surface area contributed by atoms with Gasteiger partial charge in [0.1, 0.15) is 0 Å². The topological polar surface area (TPSA) is 92.6 Å². The predicted molar refractivity (Wildman–Crippen MR) is 85.9 cm³/mol. The van der Waals surface area contributed by atoms with Gasteiger partial charge in [-0.05, 0) is 26.8 Å². The quantitative estimate of drug-likeness (QED) is 0.662. The van der Waals surface area contributed by atoms with Crippen LogP contribution in [0.4, 0.5) is 5.69 Å². The normalized spacial score (nSPS) is 22.9. The van der Waals surface area contributed by atoms with E-state index in [-0.39, 0.29) is 35.1 Å². The molecule has 7 nitrogen and oxygen atoms in total. The summed E-state index contributed by atoms with van der Waals surface area (Å²) >= 11 is 0. The lowest BCUT2D eigenvalue weighted by atomic mass is 10.1. The lowest BCUT2D eigenvalue weighted by molar-refractivity contribution is -0.385. The van der Waals surface area contributed by atoms with E-state index in [1.54, 1.807) is 6.92 Å². The van der Waals surface area contributed by atoms with Gasteiger partial charge >= 0.3 is 0 Å². The van der Waals surface area contributed by atoms with E-state index in [1.807, 2.05) is 13.8 Å². The minimum Gasteiger partial charge on any atom is -0.311 e. The van der Waals surface area contributed by atoms with E-state index in [0.717, 1.165) is 6.07 Å². The van der Waals surface area contributed by atoms with E-state index in [0.29, 0.717) is 18.7 Å². The van der Waals surface area contributed by atoms with Crippen molar-refractivity contribution in [3.05, 3.63) is 33.9 Å². The third kappa shape index (κ3) is 3.40. The zero-order valence-corrected chi connectivity index (χ0v) is 14.3. The Labute approximate surface area is 136 Å². The summed E-state index contributed by atoms with van der Waals surface area (Å²) in [4.78, 5) is 10.4. The van der Waals surface area contributed by atoms with Crippen LogP contribution in [-0.4, -0.2) is 42.8 Å². The second-order valence-corrected chi connectivity index (χ2v) is 7.20. The van der Waals surface area contributed by atoms with Crippen LogP contribution in [0.5, 0.6) is 0 Å². The van der Waals surface area contributed by atoms with Crippen LogP contribution in [0.3, 0.4) is 0 Å². The molecule has 2 atom stereocenters. The fourth-order valence-corrected chi connectivity index (χ4v) is 4.17. The van der Waals surface area contributed by atoms with Gasteiger partial charge in [-0.15, -0.1) is 12.4 Å². The van der Waals surface area contributed by atoms with Crippen molar-refractivity contribution >= 4 is 28.1 Å². The molecule has 9 heteroatoms. The number of sulfonamides is 1. The Kier molecular flexibility index (Phi) is 5.91. The predicted octanol–water partition coefficient (Wildman–Crippen LogP) is 1.70. The van der Waals surface area contributed by atoms with Crippen LogP contribution in [0.25, 0.3) is 0 Å². The van der Waals surface area contributed by atoms with Gasteiger partial charge in [0.05, 0.1) is 9.82 Å². The molecular weight excluding hydrogens is 330 g/mol. The summed E-state index contributed by atoms with van der Waals surface area (Å²) in [6, 6.07) is 3.88. The van der Waals surface area contributed by atoms with Crippen LogP contribution >= 0.6 is 12.4 Å². The van der Waals surface area contributed by atoms with Crippen LogP contribution in [0, 0.1) is 17.0 Å². The van der Waals surface area contributed by atoms with Gasteiger partial charge in [-0.3, -0.25) is 10.1 Å². The first-order valence-corrected chi connectivity index (χ1v) is 8.19. The van der Waals surface area contributed by atoms with Gasteiger partial charge in [-0.25, -0.2) is 8.42 Å². The standard InChI is InChI=1S/C13H19N3O4S.ClH/c1-9-4-5-12(8-13(9)16(17)18)21(19,20)15-7-6-14-10(2)11(15)3;/h4-5,8,10-11,14H,6-7H2,1-3H3;1H. The third-order valence-electron chi connectivity index (χ3n) is 3.96. The molecule has 1 aliphatic heterocycles. The first-order valence-electron chi connectivity index (χ1n) is 6.75. The minimum atomic E-state index is -3.73. The average molecular weight is 350 g/mol. The maximum absolute atomic E-state index is 12.7. The first-order chi connectivity index (χ1) is 9.75. The van der Waals surface area contributed by atoms with Crippen LogP contribution < -0.4 is 5.32 Å². The molecule has 1 heterocycles. The Hall–Kier alpha value is -1.22. The highest BCUT2D eigenvalue weighted by atomic mass is 35.5. The van der Waals surface area contributed by atoms with E-state index in [2.05, 4.69) is 5.32 Å². The summed E-state index contributed by atoms with van der Waals surface area (Å²) < 4.78 is 26.8. The number of piperazine rings is 1. The van der Waals surface area contributed by atoms with Gasteiger partial charge in [-0.2, -0.15) is 4.31 Å². The molecule has 0 amide bonds. The van der Waals surface area contributed by atoms with Crippen molar-refractivity contribution in [1.82, 2.24) is 9.62 Å². The van der Waals surface area contributed by atoms with Crippen molar-refractivity contribution in [2.24, 2.45) is 0 Å². The molecule has 0 bridgehead atoms. The van der Waals surface area contributed by atoms with Crippen molar-refractivity contribution in [3.8, 4) is 0 Å². The third-order valence-corrected chi connectivity index (χ3v) is 5.94. The molecule has 22 heavy (non-hydrogen) atoms. The van der Waals surface area contributed by atoms with Crippen LogP contribution in [0.2, 0.25) is 0 Å². The lowest BCUT2D eigenvalue weighted by Crippen LogP contribution is -2.57. The number of nitro benzene ring substituents is 1. The molecule has 0 saturated carbocycles. The Morgan fingerprint density at radius 3 is 2.59 bits per heavy atom. The van der Waals surface area contributed by atoms with Gasteiger partial charge in [0.2, 0.25) is 10.0 Å². The molecule has 2 rings (SSSR count). The highest BCUT2D eigenvalue weighted by Crippen LogP contribution is 2.26. The Morgan fingerprint density at radius 1 is 1.36 bits per heavy atom. The number of halogens is 1. The maximum Gasteiger partial charge on any atom is 0.273 e. The summed E-state index contributed by atoms with van der Waals surface area (Å²) in [7, 11) is -3.73. The number of nitrogens with one attached hydrogen (secondary N) is 1. The van der Waals surface area contributed by atoms with Gasteiger partial charge in [-0.1, -0.05) is 6.07 Å². The molecule has 1 aromatic carbocycles. The zero-order chi connectivity index (χ0) is 15.8. The summed E-state index contributed by atoms with van der Waals surface area (Å²) in [5, 5.41) is 14.2. The molecule has 1 N–H and O–H groups in total. The number of benzene rings is 1. The molecule has 2 unspecified atom stereocenters. The molecule has 0 aliphatic carbocycles. The molecule has 0 aromatic heterocycles. The monoisotopic (exact) mass is 349 g/mol. The molecule has 1 aromatic rings. The Bertz CT molecular complexity index is 665. The van der Waals surface area contributed by atoms with E-state index in [4.69, 9.17) is 0 Å². The number of rotatable bonds is 3. The van der Waals surface area contributed by atoms with E-state index >= 15 is 0 Å². The Balaban J connectivity index is 0.00000242. The van der Waals surface area contributed by atoms with E-state index in [1.165, 1.54) is 16.4 Å². The first kappa shape index (κ1) is 18.8. The van der Waals surface area contributed by atoms with Crippen LogP contribution in [-0.2, 0) is 10.0 Å². The highest BCUT2D eigenvalue weighted by molar-refractivity contribution is 7.89. The largest absolute Gasteiger partial charge is 0.311 e. The maximum atomic E-state index is 12.7. The minimum absolute atomic E-state index is 0. The van der Waals surface area contributed by atoms with Gasteiger partial charge in [0, 0.05) is 36.8 Å². The smallest absolute Gasteiger partial charge is 0.273 e. The Morgan fingerprint density at radius 2 is 2.00 bits per heavy atom. The van der Waals surface area contributed by atoms with E-state index < -0.39 is 14.9 Å². The molecule has 124 valence electrons. The number of aryl methyl sites for hydroxylation is 1. The van der Waals surface area contributed by atoms with Gasteiger partial charge < -0.3 is 5.32 Å². The zero-order valence-electron chi connectivity index (χ0n) is 12.6. The fraction of sp³-hybridized carbons (Fsp3) is 0.538. The van der Waals surface area contributed by atoms with E-state index in [9.17, 15) is 18.5 Å². The van der Waals surface area contributed by atoms with Crippen molar-refractivity contribution in [3.63, 3.8) is 0 Å². The van der Waals surface area contributed by atoms with Crippen molar-refractivity contribution in [2.45, 2.75) is 37.8 Å². The number of nitro groups is 1. The van der Waals surface area contributed by atoms with Crippen molar-refractivity contribution in [2.75, 3.05) is 13.1 Å². The second kappa shape index (κ2) is 6.91. The number of nitrogens with zero attached hydrogens (tertiary/aromatic N) is 2. The van der Waals surface area contributed by atoms with Gasteiger partial charge in [0.15, 0.2) is 0 Å². The fourth-order valence-electron chi connectivity index (χ4n) is 2.45. The second-order valence-electron chi connectivity index (χ2n) is 5.30. The SMILES string of the molecule is Cc1ccc(S(=O)(=O)N2CCNC(C)C2C)cc1[N+](=O)[O-].Cl. The summed E-state index contributed by atoms with van der Waals surface area (Å²) in [5.41, 5.74) is 0.271. The van der Waals surface area contributed by atoms with Crippen LogP contribution in [0.1, 0.15) is 19.4 Å². The molecular formula is C13H20ClN3O4S. The molecule has 0 spiro atoms. The lowest BCUT2D eigenvalue weighted by Gasteiger charge is -2.37. The van der Waals surface area contributed by atoms with Crippen molar-refractivity contribution < 1.29 is 13.3 Å². The van der Waals surface area contributed by atoms with Crippen molar-refractivity contribution in [1.29, 1.82) is 0 Å². The molecule has 1 aliphatic rings. The summed E-state index contributed by atoms with van der Waals surface area (Å²) in [5.74, 6) is 0. The average Bonchev–Trinajstić information content (AvgIpc) is 2.41. The molecule has 1 fully saturated rings. The number of hydrogen-bond acceptors (Lipinski definition) is 5. The molecule has 1 saturated heterocycles. The summed E-state index contributed by atoms with van der Waals surface area (Å²) in [6.07, 6.45) is 0. The van der Waals surface area contributed by atoms with Crippen LogP contribution in [0.15, 0.2) is 23.1 Å². The van der Waals surface area contributed by atoms with Gasteiger partial charge in [0.25, 0.3) is 5.69 Å². The summed E-state index contributed by atoms with van der Waals surface area (Å²) in [6.45, 7) is 6.26. The number of hydrogen-bond donors (Lipinski definition) is 1. The molecule has 0 radical (unpaired) electrons. The highest BCUT2D eigenvalue weighted by Gasteiger charge is 2.35.